The molecule has 1 heterocycles. The van der Waals surface area contributed by atoms with Gasteiger partial charge in [0.15, 0.2) is 0 Å². The first-order chi connectivity index (χ1) is 6.36. The Hall–Kier alpha value is -1.53. The van der Waals surface area contributed by atoms with E-state index in [9.17, 15) is 0 Å². The number of nitrogens with zero attached hydrogens (tertiary/aromatic N) is 1. The first-order valence-electron chi connectivity index (χ1n) is 4.03. The molecule has 13 heavy (non-hydrogen) atoms. The van der Waals surface area contributed by atoms with Crippen LogP contribution in [0.1, 0.15) is 16.7 Å². The third-order valence-electron chi connectivity index (χ3n) is 2.21. The van der Waals surface area contributed by atoms with E-state index in [1.807, 2.05) is 12.1 Å². The molecular weight excluding hydrogens is 166 g/mol. The first kappa shape index (κ1) is 8.09. The van der Waals surface area contributed by atoms with Gasteiger partial charge in [0.25, 0.3) is 0 Å². The second-order valence-electron chi connectivity index (χ2n) is 2.89. The van der Waals surface area contributed by atoms with Crippen molar-refractivity contribution in [2.24, 2.45) is 0 Å². The minimum absolute atomic E-state index is 0.523. The summed E-state index contributed by atoms with van der Waals surface area (Å²) >= 11 is 0. The summed E-state index contributed by atoms with van der Waals surface area (Å²) in [4.78, 5) is 0. The number of hydrogen-bond acceptors (Lipinski definition) is 3. The molecule has 0 fully saturated rings. The van der Waals surface area contributed by atoms with Gasteiger partial charge in [0.05, 0.1) is 25.9 Å². The van der Waals surface area contributed by atoms with Crippen LogP contribution in [0.15, 0.2) is 12.1 Å². The van der Waals surface area contributed by atoms with Crippen molar-refractivity contribution in [3.63, 3.8) is 0 Å². The van der Waals surface area contributed by atoms with Gasteiger partial charge < -0.3 is 9.47 Å². The lowest BCUT2D eigenvalue weighted by Gasteiger charge is -2.05. The normalized spacial score (nSPS) is 13.5. The third kappa shape index (κ3) is 1.16. The van der Waals surface area contributed by atoms with E-state index in [-0.39, 0.29) is 0 Å². The van der Waals surface area contributed by atoms with Crippen molar-refractivity contribution in [1.29, 1.82) is 5.26 Å². The molecule has 0 aliphatic carbocycles. The van der Waals surface area contributed by atoms with E-state index in [0.29, 0.717) is 24.5 Å². The molecule has 0 N–H and O–H groups in total. The second kappa shape index (κ2) is 3.08. The van der Waals surface area contributed by atoms with Crippen molar-refractivity contribution in [2.45, 2.75) is 13.2 Å². The maximum absolute atomic E-state index is 8.93. The van der Waals surface area contributed by atoms with E-state index in [1.54, 1.807) is 7.11 Å². The fourth-order valence-corrected chi connectivity index (χ4v) is 1.53. The van der Waals surface area contributed by atoms with Crippen LogP contribution in [0, 0.1) is 11.3 Å². The minimum atomic E-state index is 0.523. The molecule has 0 unspecified atom stereocenters. The molecule has 0 spiro atoms. The number of rotatable bonds is 1. The van der Waals surface area contributed by atoms with E-state index in [1.165, 1.54) is 0 Å². The van der Waals surface area contributed by atoms with Crippen molar-refractivity contribution in [3.05, 3.63) is 28.8 Å². The molecule has 2 rings (SSSR count). The van der Waals surface area contributed by atoms with Crippen LogP contribution in [-0.4, -0.2) is 7.11 Å². The number of hydrogen-bond donors (Lipinski definition) is 0. The lowest BCUT2D eigenvalue weighted by atomic mass is 10.0. The highest BCUT2D eigenvalue weighted by atomic mass is 16.5. The fourth-order valence-electron chi connectivity index (χ4n) is 1.53. The van der Waals surface area contributed by atoms with Crippen LogP contribution >= 0.6 is 0 Å². The largest absolute Gasteiger partial charge is 0.495 e. The predicted molar refractivity (Wildman–Crippen MR) is 46.2 cm³/mol. The van der Waals surface area contributed by atoms with Gasteiger partial charge in [-0.2, -0.15) is 5.26 Å². The Balaban J connectivity index is 2.61. The molecule has 1 aliphatic rings. The van der Waals surface area contributed by atoms with Crippen molar-refractivity contribution >= 4 is 0 Å². The zero-order valence-electron chi connectivity index (χ0n) is 7.33. The molecule has 1 aliphatic heterocycles. The number of ether oxygens (including phenoxy) is 2. The summed E-state index contributed by atoms with van der Waals surface area (Å²) in [5.41, 5.74) is 2.68. The number of benzene rings is 1. The van der Waals surface area contributed by atoms with Crippen molar-refractivity contribution in [2.75, 3.05) is 7.11 Å². The Bertz CT molecular complexity index is 379. The third-order valence-corrected chi connectivity index (χ3v) is 2.21. The van der Waals surface area contributed by atoms with Crippen LogP contribution in [0.25, 0.3) is 0 Å². The summed E-state index contributed by atoms with van der Waals surface area (Å²) in [7, 11) is 1.57. The summed E-state index contributed by atoms with van der Waals surface area (Å²) in [6, 6.07) is 5.90. The lowest BCUT2D eigenvalue weighted by molar-refractivity contribution is 0.134. The van der Waals surface area contributed by atoms with Crippen molar-refractivity contribution in [1.82, 2.24) is 0 Å². The fraction of sp³-hybridized carbons (Fsp3) is 0.300. The molecule has 0 bridgehead atoms. The van der Waals surface area contributed by atoms with Crippen LogP contribution < -0.4 is 4.74 Å². The molecule has 66 valence electrons. The highest BCUT2D eigenvalue weighted by Crippen LogP contribution is 2.29. The summed E-state index contributed by atoms with van der Waals surface area (Å²) in [6.45, 7) is 1.13. The molecule has 3 heteroatoms. The SMILES string of the molecule is COc1ccc2c(c1C#N)COC2. The monoisotopic (exact) mass is 175 g/mol. The Morgan fingerprint density at radius 1 is 1.46 bits per heavy atom. The first-order valence-corrected chi connectivity index (χ1v) is 4.03. The molecule has 0 radical (unpaired) electrons. The molecule has 0 atom stereocenters. The van der Waals surface area contributed by atoms with E-state index in [4.69, 9.17) is 14.7 Å². The highest BCUT2D eigenvalue weighted by Gasteiger charge is 2.18. The Morgan fingerprint density at radius 2 is 2.31 bits per heavy atom. The molecule has 0 amide bonds. The smallest absolute Gasteiger partial charge is 0.137 e. The van der Waals surface area contributed by atoms with Gasteiger partial charge in [-0.15, -0.1) is 0 Å². The van der Waals surface area contributed by atoms with Gasteiger partial charge >= 0.3 is 0 Å². The van der Waals surface area contributed by atoms with Gasteiger partial charge in [0, 0.05) is 5.56 Å². The maximum atomic E-state index is 8.93. The van der Waals surface area contributed by atoms with Gasteiger partial charge in [-0.3, -0.25) is 0 Å². The standard InChI is InChI=1S/C10H9NO2/c1-12-10-3-2-7-5-13-6-9(7)8(10)4-11/h2-3H,5-6H2,1H3. The molecule has 0 aromatic heterocycles. The molecule has 1 aromatic carbocycles. The van der Waals surface area contributed by atoms with Crippen LogP contribution in [0.4, 0.5) is 0 Å². The Morgan fingerprint density at radius 3 is 3.00 bits per heavy atom. The summed E-state index contributed by atoms with van der Waals surface area (Å²) in [6.07, 6.45) is 0. The van der Waals surface area contributed by atoms with Crippen LogP contribution in [0.5, 0.6) is 5.75 Å². The number of fused-ring (bicyclic) bond motifs is 1. The van der Waals surface area contributed by atoms with E-state index in [0.717, 1.165) is 11.1 Å². The molecule has 1 aromatic rings. The Kier molecular flexibility index (Phi) is 1.91. The average Bonchev–Trinajstić information content (AvgIpc) is 2.63. The summed E-state index contributed by atoms with van der Waals surface area (Å²) in [5, 5.41) is 8.93. The highest BCUT2D eigenvalue weighted by molar-refractivity contribution is 5.52. The number of nitriles is 1. The molecule has 0 saturated heterocycles. The maximum Gasteiger partial charge on any atom is 0.137 e. The Labute approximate surface area is 76.5 Å². The molecular formula is C10H9NO2. The molecule has 3 nitrogen and oxygen atoms in total. The van der Waals surface area contributed by atoms with E-state index >= 15 is 0 Å². The molecule has 0 saturated carbocycles. The zero-order chi connectivity index (χ0) is 9.26. The zero-order valence-corrected chi connectivity index (χ0v) is 7.33. The number of methoxy groups -OCH3 is 1. The topological polar surface area (TPSA) is 42.2 Å². The van der Waals surface area contributed by atoms with Gasteiger partial charge in [-0.1, -0.05) is 6.07 Å². The average molecular weight is 175 g/mol. The van der Waals surface area contributed by atoms with E-state index < -0.39 is 0 Å². The van der Waals surface area contributed by atoms with Crippen LogP contribution in [0.3, 0.4) is 0 Å². The van der Waals surface area contributed by atoms with Crippen LogP contribution in [0.2, 0.25) is 0 Å². The lowest BCUT2D eigenvalue weighted by Crippen LogP contribution is -1.94. The van der Waals surface area contributed by atoms with Gasteiger partial charge in [-0.05, 0) is 11.6 Å². The predicted octanol–water partition coefficient (Wildman–Crippen LogP) is 1.60. The van der Waals surface area contributed by atoms with Gasteiger partial charge in [0.2, 0.25) is 0 Å². The van der Waals surface area contributed by atoms with Gasteiger partial charge in [0.1, 0.15) is 11.8 Å². The van der Waals surface area contributed by atoms with Crippen molar-refractivity contribution < 1.29 is 9.47 Å². The second-order valence-corrected chi connectivity index (χ2v) is 2.89. The minimum Gasteiger partial charge on any atom is -0.495 e. The summed E-state index contributed by atoms with van der Waals surface area (Å²) < 4.78 is 10.3. The van der Waals surface area contributed by atoms with Crippen LogP contribution in [-0.2, 0) is 18.0 Å². The van der Waals surface area contributed by atoms with Gasteiger partial charge in [-0.25, -0.2) is 0 Å². The van der Waals surface area contributed by atoms with Crippen molar-refractivity contribution in [3.8, 4) is 11.8 Å². The summed E-state index contributed by atoms with van der Waals surface area (Å²) in [5.74, 6) is 0.631. The van der Waals surface area contributed by atoms with E-state index in [2.05, 4.69) is 6.07 Å². The quantitative estimate of drug-likeness (QED) is 0.651.